The van der Waals surface area contributed by atoms with Gasteiger partial charge in [-0.3, -0.25) is 0 Å². The molecule has 0 aliphatic rings. The van der Waals surface area contributed by atoms with Gasteiger partial charge in [0.05, 0.1) is 8.68 Å². The molecule has 0 amide bonds. The van der Waals surface area contributed by atoms with Crippen LogP contribution < -0.4 is 0 Å². The van der Waals surface area contributed by atoms with Crippen LogP contribution >= 0.6 is 38.9 Å². The van der Waals surface area contributed by atoms with Gasteiger partial charge in [-0.2, -0.15) is 5.26 Å². The van der Waals surface area contributed by atoms with Crippen molar-refractivity contribution in [1.82, 2.24) is 0 Å². The highest BCUT2D eigenvalue weighted by atomic mass is 79.9. The topological polar surface area (TPSA) is 57.9 Å². The Balaban J connectivity index is 2.48. The highest BCUT2D eigenvalue weighted by Gasteiger charge is 2.20. The van der Waals surface area contributed by atoms with Gasteiger partial charge in [0, 0.05) is 9.90 Å². The molecule has 1 heterocycles. The predicted octanol–water partition coefficient (Wildman–Crippen LogP) is 4.50. The number of hydrogen-bond donors (Lipinski definition) is 0. The van der Waals surface area contributed by atoms with Crippen LogP contribution in [-0.2, 0) is 9.84 Å². The van der Waals surface area contributed by atoms with Gasteiger partial charge < -0.3 is 0 Å². The number of hydrogen-bond acceptors (Lipinski definition) is 4. The van der Waals surface area contributed by atoms with Gasteiger partial charge in [-0.1, -0.05) is 11.6 Å². The second-order valence-electron chi connectivity index (χ2n) is 3.72. The van der Waals surface area contributed by atoms with Crippen LogP contribution in [0.5, 0.6) is 0 Å². The molecule has 0 aliphatic carbocycles. The molecule has 0 N–H and O–H groups in total. The molecule has 7 heteroatoms. The van der Waals surface area contributed by atoms with E-state index in [0.29, 0.717) is 9.90 Å². The maximum atomic E-state index is 12.3. The second-order valence-corrected chi connectivity index (χ2v) is 8.57. The van der Waals surface area contributed by atoms with Crippen molar-refractivity contribution in [3.63, 3.8) is 0 Å². The summed E-state index contributed by atoms with van der Waals surface area (Å²) in [5, 5.41) is 9.55. The van der Waals surface area contributed by atoms with Crippen LogP contribution in [0.3, 0.4) is 0 Å². The standard InChI is InChI=1S/C13H7BrClNO2S2/c14-13-6-3-10(19-13)7-12(8-16)20(17,18)11-4-1-9(15)2-5-11/h1-7H/b12-7+. The molecule has 0 radical (unpaired) electrons. The molecule has 1 aromatic heterocycles. The Hall–Kier alpha value is -1.13. The number of nitriles is 1. The number of sulfone groups is 1. The van der Waals surface area contributed by atoms with Gasteiger partial charge in [0.15, 0.2) is 4.91 Å². The fourth-order valence-corrected chi connectivity index (χ4v) is 4.16. The number of allylic oxidation sites excluding steroid dienone is 1. The molecular formula is C13H7BrClNO2S2. The fourth-order valence-electron chi connectivity index (χ4n) is 1.45. The fraction of sp³-hybridized carbons (Fsp3) is 0. The van der Waals surface area contributed by atoms with E-state index in [1.807, 2.05) is 0 Å². The third-order valence-corrected chi connectivity index (χ3v) is 5.89. The lowest BCUT2D eigenvalue weighted by Crippen LogP contribution is -2.03. The van der Waals surface area contributed by atoms with Crippen LogP contribution in [0, 0.1) is 11.3 Å². The van der Waals surface area contributed by atoms with Crippen LogP contribution in [0.25, 0.3) is 6.08 Å². The molecule has 2 aromatic rings. The van der Waals surface area contributed by atoms with E-state index < -0.39 is 9.84 Å². The van der Waals surface area contributed by atoms with E-state index in [-0.39, 0.29) is 9.80 Å². The molecule has 3 nitrogen and oxygen atoms in total. The summed E-state index contributed by atoms with van der Waals surface area (Å²) < 4.78 is 25.6. The van der Waals surface area contributed by atoms with E-state index >= 15 is 0 Å². The van der Waals surface area contributed by atoms with E-state index in [9.17, 15) is 8.42 Å². The summed E-state index contributed by atoms with van der Waals surface area (Å²) in [7, 11) is -3.82. The van der Waals surface area contributed by atoms with Gasteiger partial charge in [0.1, 0.15) is 6.07 Å². The molecule has 0 aliphatic heterocycles. The Morgan fingerprint density at radius 2 is 1.90 bits per heavy atom. The van der Waals surface area contributed by atoms with E-state index in [2.05, 4.69) is 15.9 Å². The number of thiophene rings is 1. The zero-order valence-corrected chi connectivity index (χ0v) is 13.9. The SMILES string of the molecule is N#C/C(=C\c1ccc(Br)s1)S(=O)(=O)c1ccc(Cl)cc1. The summed E-state index contributed by atoms with van der Waals surface area (Å²) in [4.78, 5) is 0.436. The minimum atomic E-state index is -3.82. The van der Waals surface area contributed by atoms with Gasteiger partial charge in [-0.15, -0.1) is 11.3 Å². The minimum absolute atomic E-state index is 0.0466. The summed E-state index contributed by atoms with van der Waals surface area (Å²) in [6, 6.07) is 11.0. The summed E-state index contributed by atoms with van der Waals surface area (Å²) >= 11 is 10.4. The van der Waals surface area contributed by atoms with Gasteiger partial charge in [-0.05, 0) is 58.4 Å². The molecule has 0 atom stereocenters. The third-order valence-electron chi connectivity index (χ3n) is 2.39. The van der Waals surface area contributed by atoms with Crippen molar-refractivity contribution >= 4 is 54.8 Å². The Kier molecular flexibility index (Phi) is 4.66. The molecule has 20 heavy (non-hydrogen) atoms. The van der Waals surface area contributed by atoms with Crippen LogP contribution in [0.1, 0.15) is 4.88 Å². The molecular weight excluding hydrogens is 382 g/mol. The third kappa shape index (κ3) is 3.30. The van der Waals surface area contributed by atoms with Crippen molar-refractivity contribution in [2.75, 3.05) is 0 Å². The van der Waals surface area contributed by atoms with E-state index in [4.69, 9.17) is 16.9 Å². The van der Waals surface area contributed by atoms with Crippen molar-refractivity contribution in [1.29, 1.82) is 5.26 Å². The minimum Gasteiger partial charge on any atom is -0.218 e. The van der Waals surface area contributed by atoms with Crippen LogP contribution in [0.4, 0.5) is 0 Å². The molecule has 0 spiro atoms. The zero-order chi connectivity index (χ0) is 14.8. The van der Waals surface area contributed by atoms with Crippen molar-refractivity contribution < 1.29 is 8.42 Å². The first-order valence-electron chi connectivity index (χ1n) is 5.31. The molecule has 0 bridgehead atoms. The van der Waals surface area contributed by atoms with Crippen LogP contribution in [0.2, 0.25) is 5.02 Å². The molecule has 0 saturated carbocycles. The Morgan fingerprint density at radius 3 is 2.40 bits per heavy atom. The Morgan fingerprint density at radius 1 is 1.25 bits per heavy atom. The molecule has 0 fully saturated rings. The number of halogens is 2. The molecule has 102 valence electrons. The lowest BCUT2D eigenvalue weighted by atomic mass is 10.4. The van der Waals surface area contributed by atoms with Crippen molar-refractivity contribution in [3.8, 4) is 6.07 Å². The first-order chi connectivity index (χ1) is 9.43. The lowest BCUT2D eigenvalue weighted by molar-refractivity contribution is 0.603. The van der Waals surface area contributed by atoms with E-state index in [0.717, 1.165) is 3.79 Å². The van der Waals surface area contributed by atoms with E-state index in [1.165, 1.54) is 41.7 Å². The summed E-state index contributed by atoms with van der Waals surface area (Å²) in [6.07, 6.45) is 1.36. The first-order valence-corrected chi connectivity index (χ1v) is 8.78. The lowest BCUT2D eigenvalue weighted by Gasteiger charge is -2.02. The molecule has 2 rings (SSSR count). The average molecular weight is 389 g/mol. The van der Waals surface area contributed by atoms with Crippen molar-refractivity contribution in [3.05, 3.63) is 55.0 Å². The van der Waals surface area contributed by atoms with E-state index in [1.54, 1.807) is 18.2 Å². The van der Waals surface area contributed by atoms with Crippen molar-refractivity contribution in [2.45, 2.75) is 4.90 Å². The summed E-state index contributed by atoms with van der Waals surface area (Å²) in [5.41, 5.74) is 0. The van der Waals surface area contributed by atoms with Crippen molar-refractivity contribution in [2.24, 2.45) is 0 Å². The highest BCUT2D eigenvalue weighted by molar-refractivity contribution is 9.11. The average Bonchev–Trinajstić information content (AvgIpc) is 2.82. The highest BCUT2D eigenvalue weighted by Crippen LogP contribution is 2.27. The normalized spacial score (nSPS) is 12.2. The quantitative estimate of drug-likeness (QED) is 0.727. The van der Waals surface area contributed by atoms with Gasteiger partial charge in [0.25, 0.3) is 0 Å². The first kappa shape index (κ1) is 15.3. The predicted molar refractivity (Wildman–Crippen MR) is 84.2 cm³/mol. The summed E-state index contributed by atoms with van der Waals surface area (Å²) in [6.45, 7) is 0. The number of nitrogens with zero attached hydrogens (tertiary/aromatic N) is 1. The smallest absolute Gasteiger partial charge is 0.216 e. The van der Waals surface area contributed by atoms with Crippen LogP contribution in [0.15, 0.2) is 50.0 Å². The largest absolute Gasteiger partial charge is 0.218 e. The monoisotopic (exact) mass is 387 g/mol. The number of benzene rings is 1. The summed E-state index contributed by atoms with van der Waals surface area (Å²) in [5.74, 6) is 0. The molecule has 0 saturated heterocycles. The maximum absolute atomic E-state index is 12.3. The Bertz CT molecular complexity index is 802. The van der Waals surface area contributed by atoms with Gasteiger partial charge in [0.2, 0.25) is 9.84 Å². The zero-order valence-electron chi connectivity index (χ0n) is 9.88. The van der Waals surface area contributed by atoms with Gasteiger partial charge >= 0.3 is 0 Å². The molecule has 0 unspecified atom stereocenters. The second kappa shape index (κ2) is 6.10. The maximum Gasteiger partial charge on any atom is 0.216 e. The van der Waals surface area contributed by atoms with Gasteiger partial charge in [-0.25, -0.2) is 8.42 Å². The molecule has 1 aromatic carbocycles. The Labute approximate surface area is 134 Å². The van der Waals surface area contributed by atoms with Crippen LogP contribution in [-0.4, -0.2) is 8.42 Å². The number of rotatable bonds is 3.